The Bertz CT molecular complexity index is 742. The number of rotatable bonds is 3. The second kappa shape index (κ2) is 7.73. The Morgan fingerprint density at radius 1 is 1.04 bits per heavy atom. The van der Waals surface area contributed by atoms with E-state index in [1.54, 1.807) is 12.1 Å². The highest BCUT2D eigenvalue weighted by Gasteiger charge is 2.21. The van der Waals surface area contributed by atoms with E-state index in [9.17, 15) is 10.1 Å². The van der Waals surface area contributed by atoms with E-state index in [2.05, 4.69) is 16.7 Å². The molecule has 122 valence electrons. The van der Waals surface area contributed by atoms with Crippen LogP contribution in [0.1, 0.15) is 17.2 Å². The molecule has 1 heterocycles. The molecule has 3 rings (SSSR count). The maximum Gasteiger partial charge on any atom is 0.269 e. The van der Waals surface area contributed by atoms with Gasteiger partial charge < -0.3 is 4.74 Å². The number of ether oxygens (including phenoxy) is 1. The lowest BCUT2D eigenvalue weighted by Crippen LogP contribution is -2.38. The zero-order chi connectivity index (χ0) is 16.8. The average Bonchev–Trinajstić information content (AvgIpc) is 2.64. The van der Waals surface area contributed by atoms with Gasteiger partial charge in [-0.1, -0.05) is 30.0 Å². The van der Waals surface area contributed by atoms with Gasteiger partial charge in [0.15, 0.2) is 0 Å². The van der Waals surface area contributed by atoms with Gasteiger partial charge in [0.2, 0.25) is 0 Å². The molecular formula is C19H18N2O3. The minimum atomic E-state index is -0.386. The van der Waals surface area contributed by atoms with Crippen LogP contribution in [0, 0.1) is 22.0 Å². The minimum absolute atomic E-state index is 0.0931. The summed E-state index contributed by atoms with van der Waals surface area (Å²) >= 11 is 0. The van der Waals surface area contributed by atoms with E-state index in [4.69, 9.17) is 4.74 Å². The number of nitro groups is 1. The molecule has 5 heteroatoms. The van der Waals surface area contributed by atoms with Crippen LogP contribution in [-0.2, 0) is 4.74 Å². The largest absolute Gasteiger partial charge is 0.379 e. The molecule has 0 aliphatic carbocycles. The summed E-state index contributed by atoms with van der Waals surface area (Å²) < 4.78 is 5.42. The minimum Gasteiger partial charge on any atom is -0.379 e. The van der Waals surface area contributed by atoms with Gasteiger partial charge in [-0.25, -0.2) is 0 Å². The maximum absolute atomic E-state index is 10.8. The summed E-state index contributed by atoms with van der Waals surface area (Å²) in [7, 11) is 0. The maximum atomic E-state index is 10.8. The molecular weight excluding hydrogens is 304 g/mol. The monoisotopic (exact) mass is 322 g/mol. The lowest BCUT2D eigenvalue weighted by Gasteiger charge is -2.31. The van der Waals surface area contributed by atoms with Crippen LogP contribution in [0.5, 0.6) is 0 Å². The number of hydrogen-bond acceptors (Lipinski definition) is 4. The van der Waals surface area contributed by atoms with Crippen molar-refractivity contribution < 1.29 is 9.66 Å². The number of hydrogen-bond donors (Lipinski definition) is 0. The highest BCUT2D eigenvalue weighted by Crippen LogP contribution is 2.23. The van der Waals surface area contributed by atoms with Crippen LogP contribution < -0.4 is 0 Å². The van der Waals surface area contributed by atoms with Gasteiger partial charge in [-0.3, -0.25) is 15.0 Å². The molecule has 1 atom stereocenters. The fourth-order valence-corrected chi connectivity index (χ4v) is 2.67. The molecule has 5 nitrogen and oxygen atoms in total. The van der Waals surface area contributed by atoms with Crippen LogP contribution in [0.2, 0.25) is 0 Å². The number of morpholine rings is 1. The van der Waals surface area contributed by atoms with Crippen molar-refractivity contribution >= 4 is 5.69 Å². The molecule has 0 saturated carbocycles. The van der Waals surface area contributed by atoms with E-state index in [1.807, 2.05) is 30.3 Å². The smallest absolute Gasteiger partial charge is 0.269 e. The fourth-order valence-electron chi connectivity index (χ4n) is 2.67. The first-order valence-electron chi connectivity index (χ1n) is 7.87. The van der Waals surface area contributed by atoms with Crippen molar-refractivity contribution in [2.75, 3.05) is 26.3 Å². The van der Waals surface area contributed by atoms with E-state index < -0.39 is 0 Å². The first-order valence-corrected chi connectivity index (χ1v) is 7.87. The molecule has 0 aromatic heterocycles. The Labute approximate surface area is 141 Å². The van der Waals surface area contributed by atoms with Gasteiger partial charge in [0.05, 0.1) is 24.2 Å². The molecule has 2 aromatic rings. The molecule has 0 N–H and O–H groups in total. The van der Waals surface area contributed by atoms with Crippen molar-refractivity contribution in [2.24, 2.45) is 0 Å². The summed E-state index contributed by atoms with van der Waals surface area (Å²) in [5.41, 5.74) is 2.01. The third kappa shape index (κ3) is 3.99. The van der Waals surface area contributed by atoms with Crippen molar-refractivity contribution in [3.05, 3.63) is 75.8 Å². The van der Waals surface area contributed by atoms with Crippen LogP contribution in [-0.4, -0.2) is 36.1 Å². The quantitative estimate of drug-likeness (QED) is 0.495. The predicted octanol–water partition coefficient (Wildman–Crippen LogP) is 3.02. The summed E-state index contributed by atoms with van der Waals surface area (Å²) in [6.45, 7) is 2.95. The third-order valence-corrected chi connectivity index (χ3v) is 3.96. The van der Waals surface area contributed by atoms with Crippen LogP contribution in [0.4, 0.5) is 5.69 Å². The molecule has 24 heavy (non-hydrogen) atoms. The van der Waals surface area contributed by atoms with Gasteiger partial charge in [0.25, 0.3) is 5.69 Å². The van der Waals surface area contributed by atoms with E-state index in [1.165, 1.54) is 12.1 Å². The lowest BCUT2D eigenvalue weighted by atomic mass is 10.0. The Kier molecular flexibility index (Phi) is 5.22. The molecule has 0 bridgehead atoms. The van der Waals surface area contributed by atoms with Crippen molar-refractivity contribution in [1.82, 2.24) is 4.90 Å². The first-order chi connectivity index (χ1) is 11.7. The average molecular weight is 322 g/mol. The first kappa shape index (κ1) is 16.2. The molecule has 1 aliphatic heterocycles. The third-order valence-electron chi connectivity index (χ3n) is 3.96. The lowest BCUT2D eigenvalue weighted by molar-refractivity contribution is -0.384. The van der Waals surface area contributed by atoms with Gasteiger partial charge in [-0.2, -0.15) is 0 Å². The molecule has 0 spiro atoms. The molecule has 1 fully saturated rings. The zero-order valence-electron chi connectivity index (χ0n) is 13.2. The molecule has 0 amide bonds. The van der Waals surface area contributed by atoms with Gasteiger partial charge in [-0.15, -0.1) is 0 Å². The van der Waals surface area contributed by atoms with Crippen LogP contribution in [0.3, 0.4) is 0 Å². The second-order valence-corrected chi connectivity index (χ2v) is 5.53. The van der Waals surface area contributed by atoms with Gasteiger partial charge >= 0.3 is 0 Å². The topological polar surface area (TPSA) is 55.6 Å². The van der Waals surface area contributed by atoms with Crippen molar-refractivity contribution in [2.45, 2.75) is 6.04 Å². The predicted molar refractivity (Wildman–Crippen MR) is 91.5 cm³/mol. The van der Waals surface area contributed by atoms with Crippen LogP contribution in [0.15, 0.2) is 54.6 Å². The number of nitrogens with zero attached hydrogens (tertiary/aromatic N) is 2. The number of benzene rings is 2. The Balaban J connectivity index is 1.89. The zero-order valence-corrected chi connectivity index (χ0v) is 13.2. The molecule has 1 aliphatic rings. The Morgan fingerprint density at radius 2 is 1.71 bits per heavy atom. The normalized spacial score (nSPS) is 16.0. The Morgan fingerprint density at radius 3 is 2.33 bits per heavy atom. The van der Waals surface area contributed by atoms with E-state index in [-0.39, 0.29) is 16.7 Å². The SMILES string of the molecule is O=[N+]([O-])c1ccc(C(C#Cc2ccccc2)N2CCOCC2)cc1. The summed E-state index contributed by atoms with van der Waals surface area (Å²) in [5.74, 6) is 6.53. The summed E-state index contributed by atoms with van der Waals surface area (Å²) in [6, 6.07) is 16.4. The van der Waals surface area contributed by atoms with Crippen molar-refractivity contribution in [1.29, 1.82) is 0 Å². The molecule has 0 radical (unpaired) electrons. The Hall–Kier alpha value is -2.68. The number of non-ortho nitro benzene ring substituents is 1. The molecule has 1 unspecified atom stereocenters. The van der Waals surface area contributed by atoms with Gasteiger partial charge in [0.1, 0.15) is 0 Å². The van der Waals surface area contributed by atoms with Gasteiger partial charge in [-0.05, 0) is 29.8 Å². The summed E-state index contributed by atoms with van der Waals surface area (Å²) in [5, 5.41) is 10.8. The van der Waals surface area contributed by atoms with Gasteiger partial charge in [0, 0.05) is 30.8 Å². The summed E-state index contributed by atoms with van der Waals surface area (Å²) in [6.07, 6.45) is 0. The van der Waals surface area contributed by atoms with E-state index >= 15 is 0 Å². The van der Waals surface area contributed by atoms with Crippen molar-refractivity contribution in [3.8, 4) is 11.8 Å². The number of nitro benzene ring substituents is 1. The molecule has 1 saturated heterocycles. The van der Waals surface area contributed by atoms with E-state index in [0.29, 0.717) is 13.2 Å². The highest BCUT2D eigenvalue weighted by molar-refractivity contribution is 5.40. The molecule has 2 aromatic carbocycles. The van der Waals surface area contributed by atoms with Crippen molar-refractivity contribution in [3.63, 3.8) is 0 Å². The standard InChI is InChI=1S/C19H18N2O3/c22-21(23)18-9-7-17(8-10-18)19(20-12-14-24-15-13-20)11-6-16-4-2-1-3-5-16/h1-5,7-10,19H,12-15H2. The summed E-state index contributed by atoms with van der Waals surface area (Å²) in [4.78, 5) is 12.7. The van der Waals surface area contributed by atoms with E-state index in [0.717, 1.165) is 24.2 Å². The van der Waals surface area contributed by atoms with Crippen LogP contribution in [0.25, 0.3) is 0 Å². The van der Waals surface area contributed by atoms with Crippen LogP contribution >= 0.6 is 0 Å². The highest BCUT2D eigenvalue weighted by atomic mass is 16.6. The second-order valence-electron chi connectivity index (χ2n) is 5.53. The fraction of sp³-hybridized carbons (Fsp3) is 0.263.